The van der Waals surface area contributed by atoms with Gasteiger partial charge in [-0.25, -0.2) is 0 Å². The first-order chi connectivity index (χ1) is 10.3. The first kappa shape index (κ1) is 14.3. The van der Waals surface area contributed by atoms with E-state index in [0.29, 0.717) is 17.4 Å². The maximum Gasteiger partial charge on any atom is 0.195 e. The van der Waals surface area contributed by atoms with Gasteiger partial charge in [-0.15, -0.1) is 0 Å². The molecule has 1 N–H and O–H groups in total. The lowest BCUT2D eigenvalue weighted by Gasteiger charge is -2.24. The molecule has 0 spiro atoms. The number of hydrogen-bond donors (Lipinski definition) is 1. The van der Waals surface area contributed by atoms with Crippen molar-refractivity contribution < 1.29 is 4.74 Å². The molecule has 112 valence electrons. The first-order valence-corrected chi connectivity index (χ1v) is 8.01. The molecule has 2 aromatic rings. The van der Waals surface area contributed by atoms with Gasteiger partial charge in [0.05, 0.1) is 0 Å². The fraction of sp³-hybridized carbons (Fsp3) is 0.500. The zero-order valence-corrected chi connectivity index (χ0v) is 13.2. The summed E-state index contributed by atoms with van der Waals surface area (Å²) in [6, 6.07) is 8.51. The SMILES string of the molecule is Cc1ccccc1OCc1n[nH]c(=S)n1C1CCCCC1. The quantitative estimate of drug-likeness (QED) is 0.855. The maximum absolute atomic E-state index is 5.92. The molecule has 1 heterocycles. The van der Waals surface area contributed by atoms with E-state index in [4.69, 9.17) is 17.0 Å². The summed E-state index contributed by atoms with van der Waals surface area (Å²) in [5.74, 6) is 1.80. The molecular formula is C16H21N3OS. The normalized spacial score (nSPS) is 16.0. The predicted octanol–water partition coefficient (Wildman–Crippen LogP) is 4.33. The highest BCUT2D eigenvalue weighted by atomic mass is 32.1. The van der Waals surface area contributed by atoms with Gasteiger partial charge >= 0.3 is 0 Å². The van der Waals surface area contributed by atoms with Crippen molar-refractivity contribution in [2.24, 2.45) is 0 Å². The van der Waals surface area contributed by atoms with Gasteiger partial charge < -0.3 is 4.74 Å². The largest absolute Gasteiger partial charge is 0.485 e. The number of para-hydroxylation sites is 1. The zero-order chi connectivity index (χ0) is 14.7. The summed E-state index contributed by atoms with van der Waals surface area (Å²) < 4.78 is 8.79. The lowest BCUT2D eigenvalue weighted by atomic mass is 9.95. The molecule has 0 radical (unpaired) electrons. The summed E-state index contributed by atoms with van der Waals surface area (Å²) in [6.07, 6.45) is 6.25. The Balaban J connectivity index is 1.77. The van der Waals surface area contributed by atoms with Crippen LogP contribution in [0, 0.1) is 11.7 Å². The molecule has 1 aromatic carbocycles. The molecule has 1 aromatic heterocycles. The number of nitrogens with one attached hydrogen (secondary N) is 1. The van der Waals surface area contributed by atoms with E-state index >= 15 is 0 Å². The van der Waals surface area contributed by atoms with Crippen LogP contribution in [0.5, 0.6) is 5.75 Å². The molecule has 0 amide bonds. The van der Waals surface area contributed by atoms with Crippen LogP contribution in [0.4, 0.5) is 0 Å². The number of H-pyrrole nitrogens is 1. The van der Waals surface area contributed by atoms with Crippen LogP contribution in [0.2, 0.25) is 0 Å². The molecule has 21 heavy (non-hydrogen) atoms. The van der Waals surface area contributed by atoms with Crippen molar-refractivity contribution in [2.75, 3.05) is 0 Å². The molecular weight excluding hydrogens is 282 g/mol. The number of aryl methyl sites for hydroxylation is 1. The van der Waals surface area contributed by atoms with Gasteiger partial charge in [-0.1, -0.05) is 37.5 Å². The van der Waals surface area contributed by atoms with Crippen LogP contribution in [0.3, 0.4) is 0 Å². The molecule has 0 aliphatic heterocycles. The number of rotatable bonds is 4. The smallest absolute Gasteiger partial charge is 0.195 e. The van der Waals surface area contributed by atoms with Gasteiger partial charge in [-0.05, 0) is 43.6 Å². The Morgan fingerprint density at radius 1 is 1.29 bits per heavy atom. The minimum absolute atomic E-state index is 0.453. The van der Waals surface area contributed by atoms with E-state index in [-0.39, 0.29) is 0 Å². The summed E-state index contributed by atoms with van der Waals surface area (Å²) in [4.78, 5) is 0. The summed E-state index contributed by atoms with van der Waals surface area (Å²) in [5, 5.41) is 7.28. The molecule has 1 saturated carbocycles. The second-order valence-electron chi connectivity index (χ2n) is 5.66. The van der Waals surface area contributed by atoms with Gasteiger partial charge in [0.2, 0.25) is 0 Å². The standard InChI is InChI=1S/C16H21N3OS/c1-12-7-5-6-10-14(12)20-11-15-17-18-16(21)19(15)13-8-3-2-4-9-13/h5-7,10,13H,2-4,8-9,11H2,1H3,(H,18,21). The average Bonchev–Trinajstić information content (AvgIpc) is 2.88. The Kier molecular flexibility index (Phi) is 4.39. The fourth-order valence-electron chi connectivity index (χ4n) is 3.02. The fourth-order valence-corrected chi connectivity index (χ4v) is 3.32. The molecule has 3 rings (SSSR count). The third-order valence-corrected chi connectivity index (χ3v) is 4.46. The molecule has 0 bridgehead atoms. The zero-order valence-electron chi connectivity index (χ0n) is 12.3. The van der Waals surface area contributed by atoms with E-state index in [0.717, 1.165) is 17.1 Å². The van der Waals surface area contributed by atoms with Gasteiger partial charge in [0.15, 0.2) is 10.6 Å². The summed E-state index contributed by atoms with van der Waals surface area (Å²) >= 11 is 5.40. The Morgan fingerprint density at radius 2 is 2.05 bits per heavy atom. The van der Waals surface area contributed by atoms with Crippen LogP contribution in [0.25, 0.3) is 0 Å². The van der Waals surface area contributed by atoms with E-state index in [1.165, 1.54) is 32.1 Å². The topological polar surface area (TPSA) is 42.8 Å². The highest BCUT2D eigenvalue weighted by Crippen LogP contribution is 2.29. The highest BCUT2D eigenvalue weighted by Gasteiger charge is 2.20. The van der Waals surface area contributed by atoms with Crippen molar-refractivity contribution in [3.8, 4) is 5.75 Å². The Bertz CT molecular complexity index is 656. The molecule has 0 saturated heterocycles. The van der Waals surface area contributed by atoms with E-state index in [9.17, 15) is 0 Å². The number of ether oxygens (including phenoxy) is 1. The first-order valence-electron chi connectivity index (χ1n) is 7.60. The van der Waals surface area contributed by atoms with Gasteiger partial charge in [0.1, 0.15) is 12.4 Å². The minimum atomic E-state index is 0.453. The third kappa shape index (κ3) is 3.18. The molecule has 4 nitrogen and oxygen atoms in total. The Hall–Kier alpha value is -1.62. The third-order valence-electron chi connectivity index (χ3n) is 4.17. The number of benzene rings is 1. The summed E-state index contributed by atoms with van der Waals surface area (Å²) in [6.45, 7) is 2.50. The number of aromatic nitrogens is 3. The van der Waals surface area contributed by atoms with Gasteiger partial charge in [-0.2, -0.15) is 5.10 Å². The highest BCUT2D eigenvalue weighted by molar-refractivity contribution is 7.71. The van der Waals surface area contributed by atoms with Gasteiger partial charge in [-0.3, -0.25) is 9.67 Å². The lowest BCUT2D eigenvalue weighted by molar-refractivity contribution is 0.269. The van der Waals surface area contributed by atoms with E-state index in [1.807, 2.05) is 31.2 Å². The van der Waals surface area contributed by atoms with Crippen molar-refractivity contribution >= 4 is 12.2 Å². The van der Waals surface area contributed by atoms with Crippen LogP contribution in [-0.2, 0) is 6.61 Å². The minimum Gasteiger partial charge on any atom is -0.485 e. The Labute approximate surface area is 130 Å². The maximum atomic E-state index is 5.92. The lowest BCUT2D eigenvalue weighted by Crippen LogP contribution is -2.17. The van der Waals surface area contributed by atoms with Gasteiger partial charge in [0.25, 0.3) is 0 Å². The van der Waals surface area contributed by atoms with Crippen LogP contribution in [0.15, 0.2) is 24.3 Å². The van der Waals surface area contributed by atoms with Crippen molar-refractivity contribution in [3.05, 3.63) is 40.4 Å². The predicted molar refractivity (Wildman–Crippen MR) is 85.0 cm³/mol. The average molecular weight is 303 g/mol. The van der Waals surface area contributed by atoms with E-state index < -0.39 is 0 Å². The summed E-state index contributed by atoms with van der Waals surface area (Å²) in [5.41, 5.74) is 1.14. The summed E-state index contributed by atoms with van der Waals surface area (Å²) in [7, 11) is 0. The number of aromatic amines is 1. The van der Waals surface area contributed by atoms with Crippen molar-refractivity contribution in [2.45, 2.75) is 51.7 Å². The van der Waals surface area contributed by atoms with Gasteiger partial charge in [0, 0.05) is 6.04 Å². The molecule has 0 unspecified atom stereocenters. The molecule has 1 fully saturated rings. The van der Waals surface area contributed by atoms with Crippen LogP contribution in [0.1, 0.15) is 49.5 Å². The van der Waals surface area contributed by atoms with Crippen molar-refractivity contribution in [1.29, 1.82) is 0 Å². The molecule has 1 aliphatic carbocycles. The van der Waals surface area contributed by atoms with E-state index in [2.05, 4.69) is 14.8 Å². The van der Waals surface area contributed by atoms with Crippen LogP contribution in [-0.4, -0.2) is 14.8 Å². The Morgan fingerprint density at radius 3 is 2.81 bits per heavy atom. The molecule has 1 aliphatic rings. The second kappa shape index (κ2) is 6.43. The molecule has 5 heteroatoms. The van der Waals surface area contributed by atoms with Crippen LogP contribution >= 0.6 is 12.2 Å². The van der Waals surface area contributed by atoms with Crippen molar-refractivity contribution in [1.82, 2.24) is 14.8 Å². The monoisotopic (exact) mass is 303 g/mol. The van der Waals surface area contributed by atoms with E-state index in [1.54, 1.807) is 0 Å². The number of nitrogens with zero attached hydrogens (tertiary/aromatic N) is 2. The molecule has 0 atom stereocenters. The van der Waals surface area contributed by atoms with Crippen molar-refractivity contribution in [3.63, 3.8) is 0 Å². The number of hydrogen-bond acceptors (Lipinski definition) is 3. The van der Waals surface area contributed by atoms with Crippen LogP contribution < -0.4 is 4.74 Å². The second-order valence-corrected chi connectivity index (χ2v) is 6.05.